The van der Waals surface area contributed by atoms with E-state index in [1.54, 1.807) is 6.07 Å². The minimum atomic E-state index is -0.167. The van der Waals surface area contributed by atoms with Crippen LogP contribution in [0, 0.1) is 12.7 Å². The molecule has 1 heterocycles. The molecule has 0 bridgehead atoms. The summed E-state index contributed by atoms with van der Waals surface area (Å²) in [5, 5.41) is 0. The van der Waals surface area contributed by atoms with Gasteiger partial charge in [-0.25, -0.2) is 4.39 Å². The van der Waals surface area contributed by atoms with Gasteiger partial charge in [-0.15, -0.1) is 0 Å². The van der Waals surface area contributed by atoms with Crippen LogP contribution in [0.25, 0.3) is 0 Å². The highest BCUT2D eigenvalue weighted by atomic mass is 19.1. The van der Waals surface area contributed by atoms with Crippen molar-refractivity contribution >= 4 is 0 Å². The number of halogens is 1. The second-order valence-corrected chi connectivity index (χ2v) is 4.88. The predicted molar refractivity (Wildman–Crippen MR) is 69.8 cm³/mol. The Labute approximate surface area is 108 Å². The molecule has 0 amide bonds. The Morgan fingerprint density at radius 2 is 2.33 bits per heavy atom. The van der Waals surface area contributed by atoms with E-state index in [-0.39, 0.29) is 11.9 Å². The van der Waals surface area contributed by atoms with Crippen LogP contribution in [-0.4, -0.2) is 37.2 Å². The third-order valence-corrected chi connectivity index (χ3v) is 3.41. The molecular formula is C14H21FN2O. The van der Waals surface area contributed by atoms with Crippen molar-refractivity contribution in [3.63, 3.8) is 0 Å². The zero-order chi connectivity index (χ0) is 13.0. The standard InChI is InChI=1S/C14H21FN2O/c1-11-8-13(15)3-2-12(11)9-17-6-7-18-14(10-17)4-5-16/h2-3,8,14H,4-7,9-10,16H2,1H3/t14-/m0/s1. The molecule has 18 heavy (non-hydrogen) atoms. The Balaban J connectivity index is 1.96. The van der Waals surface area contributed by atoms with Crippen LogP contribution in [0.2, 0.25) is 0 Å². The lowest BCUT2D eigenvalue weighted by Crippen LogP contribution is -2.42. The van der Waals surface area contributed by atoms with Crippen LogP contribution in [-0.2, 0) is 11.3 Å². The van der Waals surface area contributed by atoms with Crippen molar-refractivity contribution in [2.24, 2.45) is 5.73 Å². The second-order valence-electron chi connectivity index (χ2n) is 4.88. The van der Waals surface area contributed by atoms with E-state index >= 15 is 0 Å². The smallest absolute Gasteiger partial charge is 0.123 e. The molecule has 0 saturated carbocycles. The molecule has 1 saturated heterocycles. The Morgan fingerprint density at radius 3 is 3.06 bits per heavy atom. The number of hydrogen-bond acceptors (Lipinski definition) is 3. The largest absolute Gasteiger partial charge is 0.376 e. The lowest BCUT2D eigenvalue weighted by Gasteiger charge is -2.33. The van der Waals surface area contributed by atoms with Crippen molar-refractivity contribution in [3.05, 3.63) is 35.1 Å². The van der Waals surface area contributed by atoms with E-state index in [1.165, 1.54) is 11.6 Å². The van der Waals surface area contributed by atoms with Crippen LogP contribution in [0.15, 0.2) is 18.2 Å². The van der Waals surface area contributed by atoms with Crippen molar-refractivity contribution in [3.8, 4) is 0 Å². The quantitative estimate of drug-likeness (QED) is 0.886. The summed E-state index contributed by atoms with van der Waals surface area (Å²) in [6, 6.07) is 4.99. The van der Waals surface area contributed by atoms with E-state index in [4.69, 9.17) is 10.5 Å². The SMILES string of the molecule is Cc1cc(F)ccc1CN1CCO[C@@H](CCN)C1. The summed E-state index contributed by atoms with van der Waals surface area (Å²) >= 11 is 0. The molecule has 0 aliphatic carbocycles. The van der Waals surface area contributed by atoms with Gasteiger partial charge in [-0.1, -0.05) is 6.07 Å². The number of hydrogen-bond donors (Lipinski definition) is 1. The molecule has 1 aromatic carbocycles. The zero-order valence-electron chi connectivity index (χ0n) is 10.9. The molecule has 1 aliphatic heterocycles. The lowest BCUT2D eigenvalue weighted by molar-refractivity contribution is -0.0335. The van der Waals surface area contributed by atoms with Crippen LogP contribution in [0.5, 0.6) is 0 Å². The Hall–Kier alpha value is -0.970. The van der Waals surface area contributed by atoms with E-state index in [9.17, 15) is 4.39 Å². The molecule has 4 heteroatoms. The van der Waals surface area contributed by atoms with E-state index in [2.05, 4.69) is 4.90 Å². The topological polar surface area (TPSA) is 38.5 Å². The summed E-state index contributed by atoms with van der Waals surface area (Å²) < 4.78 is 18.7. The molecule has 2 N–H and O–H groups in total. The summed E-state index contributed by atoms with van der Waals surface area (Å²) in [6.07, 6.45) is 1.14. The average Bonchev–Trinajstić information content (AvgIpc) is 2.34. The van der Waals surface area contributed by atoms with Gasteiger partial charge in [-0.2, -0.15) is 0 Å². The number of nitrogens with zero attached hydrogens (tertiary/aromatic N) is 1. The van der Waals surface area contributed by atoms with Gasteiger partial charge in [-0.05, 0) is 43.1 Å². The number of nitrogens with two attached hydrogens (primary N) is 1. The van der Waals surface area contributed by atoms with E-state index in [0.717, 1.165) is 38.2 Å². The summed E-state index contributed by atoms with van der Waals surface area (Å²) in [4.78, 5) is 2.35. The molecular weight excluding hydrogens is 231 g/mol. The molecule has 1 atom stereocenters. The lowest BCUT2D eigenvalue weighted by atomic mass is 10.1. The molecule has 2 rings (SSSR count). The van der Waals surface area contributed by atoms with Crippen molar-refractivity contribution in [2.75, 3.05) is 26.2 Å². The molecule has 0 spiro atoms. The number of aryl methyl sites for hydroxylation is 1. The van der Waals surface area contributed by atoms with Gasteiger partial charge in [0.05, 0.1) is 12.7 Å². The fraction of sp³-hybridized carbons (Fsp3) is 0.571. The first-order chi connectivity index (χ1) is 8.69. The number of ether oxygens (including phenoxy) is 1. The van der Waals surface area contributed by atoms with Crippen molar-refractivity contribution in [2.45, 2.75) is 26.0 Å². The van der Waals surface area contributed by atoms with Gasteiger partial charge in [-0.3, -0.25) is 4.90 Å². The maximum atomic E-state index is 13.0. The zero-order valence-corrected chi connectivity index (χ0v) is 10.9. The second kappa shape index (κ2) is 6.27. The highest BCUT2D eigenvalue weighted by Crippen LogP contribution is 2.16. The number of benzene rings is 1. The van der Waals surface area contributed by atoms with Gasteiger partial charge in [0.25, 0.3) is 0 Å². The van der Waals surface area contributed by atoms with Gasteiger partial charge < -0.3 is 10.5 Å². The molecule has 0 aromatic heterocycles. The van der Waals surface area contributed by atoms with Gasteiger partial charge in [0.2, 0.25) is 0 Å². The van der Waals surface area contributed by atoms with Crippen molar-refractivity contribution in [1.29, 1.82) is 0 Å². The number of rotatable bonds is 4. The predicted octanol–water partition coefficient (Wildman–Crippen LogP) is 1.68. The van der Waals surface area contributed by atoms with Gasteiger partial charge in [0.1, 0.15) is 5.82 Å². The fourth-order valence-electron chi connectivity index (χ4n) is 2.36. The molecule has 1 fully saturated rings. The van der Waals surface area contributed by atoms with Crippen LogP contribution in [0.4, 0.5) is 4.39 Å². The highest BCUT2D eigenvalue weighted by Gasteiger charge is 2.20. The fourth-order valence-corrected chi connectivity index (χ4v) is 2.36. The minimum absolute atomic E-state index is 0.167. The Bertz CT molecular complexity index is 395. The van der Waals surface area contributed by atoms with Crippen LogP contribution in [0.1, 0.15) is 17.5 Å². The maximum Gasteiger partial charge on any atom is 0.123 e. The third-order valence-electron chi connectivity index (χ3n) is 3.41. The van der Waals surface area contributed by atoms with Crippen LogP contribution < -0.4 is 5.73 Å². The highest BCUT2D eigenvalue weighted by molar-refractivity contribution is 5.26. The van der Waals surface area contributed by atoms with Crippen LogP contribution in [0.3, 0.4) is 0 Å². The van der Waals surface area contributed by atoms with Gasteiger partial charge >= 0.3 is 0 Å². The molecule has 0 radical (unpaired) electrons. The molecule has 3 nitrogen and oxygen atoms in total. The Morgan fingerprint density at radius 1 is 1.50 bits per heavy atom. The van der Waals surface area contributed by atoms with Gasteiger partial charge in [0.15, 0.2) is 0 Å². The summed E-state index contributed by atoms with van der Waals surface area (Å²) in [5.41, 5.74) is 7.75. The maximum absolute atomic E-state index is 13.0. The minimum Gasteiger partial charge on any atom is -0.376 e. The molecule has 100 valence electrons. The van der Waals surface area contributed by atoms with Crippen molar-refractivity contribution in [1.82, 2.24) is 4.90 Å². The normalized spacial score (nSPS) is 21.2. The first kappa shape index (κ1) is 13.5. The van der Waals surface area contributed by atoms with Gasteiger partial charge in [0, 0.05) is 19.6 Å². The van der Waals surface area contributed by atoms with Crippen molar-refractivity contribution < 1.29 is 9.13 Å². The Kier molecular flexibility index (Phi) is 4.69. The molecule has 1 aliphatic rings. The molecule has 0 unspecified atom stereocenters. The van der Waals surface area contributed by atoms with Crippen LogP contribution >= 0.6 is 0 Å². The first-order valence-electron chi connectivity index (χ1n) is 6.48. The monoisotopic (exact) mass is 252 g/mol. The summed E-state index contributed by atoms with van der Waals surface area (Å²) in [6.45, 7) is 6.07. The third kappa shape index (κ3) is 3.51. The first-order valence-corrected chi connectivity index (χ1v) is 6.48. The summed E-state index contributed by atoms with van der Waals surface area (Å²) in [7, 11) is 0. The average molecular weight is 252 g/mol. The van der Waals surface area contributed by atoms with E-state index in [1.807, 2.05) is 13.0 Å². The summed E-state index contributed by atoms with van der Waals surface area (Å²) in [5.74, 6) is -0.167. The number of morpholine rings is 1. The molecule has 1 aromatic rings. The van der Waals surface area contributed by atoms with E-state index in [0.29, 0.717) is 6.54 Å². The van der Waals surface area contributed by atoms with E-state index < -0.39 is 0 Å².